The van der Waals surface area contributed by atoms with Crippen molar-refractivity contribution in [1.82, 2.24) is 4.98 Å². The maximum atomic E-state index is 12.8. The van der Waals surface area contributed by atoms with Crippen LogP contribution in [0.5, 0.6) is 0 Å². The van der Waals surface area contributed by atoms with Crippen LogP contribution in [0.1, 0.15) is 5.69 Å². The summed E-state index contributed by atoms with van der Waals surface area (Å²) in [5, 5.41) is 9.27. The molecule has 0 amide bonds. The Bertz CT molecular complexity index is 479. The summed E-state index contributed by atoms with van der Waals surface area (Å²) in [5.74, 6) is -0.255. The highest BCUT2D eigenvalue weighted by Crippen LogP contribution is 2.16. The Morgan fingerprint density at radius 2 is 2.23 bits per heavy atom. The van der Waals surface area contributed by atoms with E-state index in [1.54, 1.807) is 12.1 Å². The van der Waals surface area contributed by atoms with Crippen LogP contribution in [0, 0.1) is 17.1 Å². The zero-order chi connectivity index (χ0) is 9.26. The van der Waals surface area contributed by atoms with Crippen molar-refractivity contribution in [2.24, 2.45) is 0 Å². The summed E-state index contributed by atoms with van der Waals surface area (Å²) < 4.78 is 12.8. The van der Waals surface area contributed by atoms with E-state index in [4.69, 9.17) is 5.26 Å². The molecule has 1 N–H and O–H groups in total. The highest BCUT2D eigenvalue weighted by Gasteiger charge is 2.00. The average Bonchev–Trinajstić information content (AvgIpc) is 2.46. The lowest BCUT2D eigenvalue weighted by Crippen LogP contribution is -1.77. The van der Waals surface area contributed by atoms with Gasteiger partial charge in [-0.2, -0.15) is 5.26 Å². The van der Waals surface area contributed by atoms with Crippen LogP contribution < -0.4 is 0 Å². The van der Waals surface area contributed by atoms with Crippen LogP contribution in [-0.4, -0.2) is 4.98 Å². The number of aromatic amines is 1. The van der Waals surface area contributed by atoms with Gasteiger partial charge in [0.2, 0.25) is 0 Å². The van der Waals surface area contributed by atoms with Crippen molar-refractivity contribution in [3.8, 4) is 6.07 Å². The zero-order valence-corrected chi connectivity index (χ0v) is 6.84. The highest BCUT2D eigenvalue weighted by atomic mass is 19.1. The fourth-order valence-electron chi connectivity index (χ4n) is 1.34. The molecule has 0 radical (unpaired) electrons. The quantitative estimate of drug-likeness (QED) is 0.708. The summed E-state index contributed by atoms with van der Waals surface area (Å²) >= 11 is 0. The minimum atomic E-state index is -0.255. The van der Waals surface area contributed by atoms with Crippen molar-refractivity contribution in [2.45, 2.75) is 6.42 Å². The number of halogens is 1. The molecule has 0 bridgehead atoms. The van der Waals surface area contributed by atoms with Gasteiger partial charge < -0.3 is 4.98 Å². The standard InChI is InChI=1S/C10H7FN2/c11-8-1-2-10-7(5-8)6-9(13-10)3-4-12/h1-2,5-6,13H,3H2. The Kier molecular flexibility index (Phi) is 1.75. The van der Waals surface area contributed by atoms with Crippen LogP contribution in [-0.2, 0) is 6.42 Å². The molecule has 0 saturated carbocycles. The number of nitrogens with one attached hydrogen (secondary N) is 1. The summed E-state index contributed by atoms with van der Waals surface area (Å²) in [6, 6.07) is 8.35. The number of rotatable bonds is 1. The molecule has 13 heavy (non-hydrogen) atoms. The van der Waals surface area contributed by atoms with Gasteiger partial charge in [0.15, 0.2) is 0 Å². The molecule has 0 spiro atoms. The number of hydrogen-bond acceptors (Lipinski definition) is 1. The normalized spacial score (nSPS) is 10.2. The molecular weight excluding hydrogens is 167 g/mol. The van der Waals surface area contributed by atoms with Crippen molar-refractivity contribution in [1.29, 1.82) is 5.26 Å². The summed E-state index contributed by atoms with van der Waals surface area (Å²) in [4.78, 5) is 3.03. The summed E-state index contributed by atoms with van der Waals surface area (Å²) in [5.41, 5.74) is 1.69. The number of nitrogens with zero attached hydrogens (tertiary/aromatic N) is 1. The summed E-state index contributed by atoms with van der Waals surface area (Å²) in [6.45, 7) is 0. The molecule has 2 nitrogen and oxygen atoms in total. The van der Waals surface area contributed by atoms with E-state index in [0.717, 1.165) is 16.6 Å². The minimum Gasteiger partial charge on any atom is -0.358 e. The number of fused-ring (bicyclic) bond motifs is 1. The third-order valence-corrected chi connectivity index (χ3v) is 1.91. The molecule has 0 fully saturated rings. The Hall–Kier alpha value is -1.82. The van der Waals surface area contributed by atoms with Gasteiger partial charge >= 0.3 is 0 Å². The Balaban J connectivity index is 2.57. The lowest BCUT2D eigenvalue weighted by atomic mass is 10.2. The molecule has 2 rings (SSSR count). The van der Waals surface area contributed by atoms with E-state index in [1.165, 1.54) is 12.1 Å². The topological polar surface area (TPSA) is 39.6 Å². The predicted molar refractivity (Wildman–Crippen MR) is 47.6 cm³/mol. The molecular formula is C10H7FN2. The Labute approximate surface area is 74.6 Å². The van der Waals surface area contributed by atoms with E-state index in [-0.39, 0.29) is 5.82 Å². The van der Waals surface area contributed by atoms with Gasteiger partial charge in [-0.3, -0.25) is 0 Å². The Morgan fingerprint density at radius 1 is 1.38 bits per heavy atom. The second-order valence-corrected chi connectivity index (χ2v) is 2.86. The molecule has 0 aliphatic rings. The van der Waals surface area contributed by atoms with Crippen molar-refractivity contribution < 1.29 is 4.39 Å². The molecule has 0 saturated heterocycles. The van der Waals surface area contributed by atoms with Gasteiger partial charge in [0.25, 0.3) is 0 Å². The monoisotopic (exact) mass is 174 g/mol. The minimum absolute atomic E-state index is 0.255. The van der Waals surface area contributed by atoms with E-state index >= 15 is 0 Å². The number of aromatic nitrogens is 1. The van der Waals surface area contributed by atoms with E-state index in [2.05, 4.69) is 4.98 Å². The molecule has 0 aliphatic carbocycles. The maximum Gasteiger partial charge on any atom is 0.123 e. The molecule has 1 heterocycles. The average molecular weight is 174 g/mol. The van der Waals surface area contributed by atoms with Crippen molar-refractivity contribution in [3.05, 3.63) is 35.8 Å². The molecule has 64 valence electrons. The van der Waals surface area contributed by atoms with Crippen LogP contribution in [0.3, 0.4) is 0 Å². The van der Waals surface area contributed by atoms with Crippen LogP contribution >= 0.6 is 0 Å². The lowest BCUT2D eigenvalue weighted by Gasteiger charge is -1.87. The molecule has 0 atom stereocenters. The van der Waals surface area contributed by atoms with Crippen LogP contribution in [0.2, 0.25) is 0 Å². The van der Waals surface area contributed by atoms with Gasteiger partial charge in [-0.15, -0.1) is 0 Å². The third kappa shape index (κ3) is 1.38. The second-order valence-electron chi connectivity index (χ2n) is 2.86. The maximum absolute atomic E-state index is 12.8. The highest BCUT2D eigenvalue weighted by molar-refractivity contribution is 5.80. The van der Waals surface area contributed by atoms with E-state index < -0.39 is 0 Å². The predicted octanol–water partition coefficient (Wildman–Crippen LogP) is 2.37. The lowest BCUT2D eigenvalue weighted by molar-refractivity contribution is 0.630. The molecule has 1 aromatic heterocycles. The first-order valence-corrected chi connectivity index (χ1v) is 3.94. The summed E-state index contributed by atoms with van der Waals surface area (Å²) in [7, 11) is 0. The molecule has 3 heteroatoms. The summed E-state index contributed by atoms with van der Waals surface area (Å²) in [6.07, 6.45) is 0.330. The molecule has 0 unspecified atom stereocenters. The largest absolute Gasteiger partial charge is 0.358 e. The van der Waals surface area contributed by atoms with Gasteiger partial charge in [0.05, 0.1) is 12.5 Å². The zero-order valence-electron chi connectivity index (χ0n) is 6.84. The van der Waals surface area contributed by atoms with Gasteiger partial charge in [-0.1, -0.05) is 0 Å². The number of hydrogen-bond donors (Lipinski definition) is 1. The number of benzene rings is 1. The van der Waals surface area contributed by atoms with Crippen LogP contribution in [0.25, 0.3) is 10.9 Å². The third-order valence-electron chi connectivity index (χ3n) is 1.91. The first kappa shape index (κ1) is 7.81. The fraction of sp³-hybridized carbons (Fsp3) is 0.100. The van der Waals surface area contributed by atoms with E-state index in [0.29, 0.717) is 6.42 Å². The van der Waals surface area contributed by atoms with Gasteiger partial charge in [-0.05, 0) is 24.3 Å². The van der Waals surface area contributed by atoms with Gasteiger partial charge in [0.1, 0.15) is 5.82 Å². The smallest absolute Gasteiger partial charge is 0.123 e. The van der Waals surface area contributed by atoms with E-state index in [9.17, 15) is 4.39 Å². The van der Waals surface area contributed by atoms with Crippen molar-refractivity contribution >= 4 is 10.9 Å². The van der Waals surface area contributed by atoms with Crippen molar-refractivity contribution in [3.63, 3.8) is 0 Å². The van der Waals surface area contributed by atoms with Crippen molar-refractivity contribution in [2.75, 3.05) is 0 Å². The van der Waals surface area contributed by atoms with Gasteiger partial charge in [0, 0.05) is 16.6 Å². The molecule has 1 aromatic carbocycles. The first-order valence-electron chi connectivity index (χ1n) is 3.94. The fourth-order valence-corrected chi connectivity index (χ4v) is 1.34. The number of H-pyrrole nitrogens is 1. The van der Waals surface area contributed by atoms with E-state index in [1.807, 2.05) is 6.07 Å². The van der Waals surface area contributed by atoms with Crippen LogP contribution in [0.15, 0.2) is 24.3 Å². The Morgan fingerprint density at radius 3 is 3.00 bits per heavy atom. The second kappa shape index (κ2) is 2.91. The SMILES string of the molecule is N#CCc1cc2cc(F)ccc2[nH]1. The van der Waals surface area contributed by atoms with Crippen LogP contribution in [0.4, 0.5) is 4.39 Å². The van der Waals surface area contributed by atoms with Gasteiger partial charge in [-0.25, -0.2) is 4.39 Å². The number of nitriles is 1. The molecule has 0 aliphatic heterocycles. The molecule has 2 aromatic rings. The first-order chi connectivity index (χ1) is 6.29.